The van der Waals surface area contributed by atoms with Gasteiger partial charge in [-0.25, -0.2) is 31.4 Å². The lowest BCUT2D eigenvalue weighted by atomic mass is 9.93. The third-order valence-corrected chi connectivity index (χ3v) is 10.2. The maximum absolute atomic E-state index is 15.9. The molecule has 3 fully saturated rings. The maximum atomic E-state index is 15.9. The first-order valence-corrected chi connectivity index (χ1v) is 15.8. The molecule has 15 heteroatoms. The molecule has 43 heavy (non-hydrogen) atoms. The Hall–Kier alpha value is -3.43. The van der Waals surface area contributed by atoms with Crippen LogP contribution in [0.25, 0.3) is 16.9 Å². The third kappa shape index (κ3) is 5.89. The zero-order chi connectivity index (χ0) is 30.6. The number of sulfonamides is 1. The summed E-state index contributed by atoms with van der Waals surface area (Å²) >= 11 is 0. The number of aliphatic hydroxyl groups is 1. The van der Waals surface area contributed by atoms with Crippen molar-refractivity contribution in [1.29, 1.82) is 0 Å². The van der Waals surface area contributed by atoms with Gasteiger partial charge in [-0.05, 0) is 48.8 Å². The number of nitrogens with zero attached hydrogens (tertiary/aromatic N) is 6. The van der Waals surface area contributed by atoms with Crippen LogP contribution in [0, 0.1) is 11.2 Å². The van der Waals surface area contributed by atoms with Crippen molar-refractivity contribution in [2.45, 2.75) is 49.7 Å². The van der Waals surface area contributed by atoms with Crippen LogP contribution in [0.1, 0.15) is 49.3 Å². The molecule has 4 heterocycles. The predicted octanol–water partition coefficient (Wildman–Crippen LogP) is 3.41. The van der Waals surface area contributed by atoms with Crippen LogP contribution in [-0.2, 0) is 10.0 Å². The van der Waals surface area contributed by atoms with E-state index in [0.717, 1.165) is 25.9 Å². The van der Waals surface area contributed by atoms with Crippen molar-refractivity contribution in [3.63, 3.8) is 0 Å². The smallest absolute Gasteiger partial charge is 0.251 e. The fraction of sp³-hybridized carbons (Fsp3) is 0.536. The van der Waals surface area contributed by atoms with Gasteiger partial charge in [0.2, 0.25) is 15.9 Å². The van der Waals surface area contributed by atoms with Crippen LogP contribution in [0.4, 0.5) is 24.7 Å². The first-order chi connectivity index (χ1) is 20.4. The molecular weight excluding hydrogens is 587 g/mol. The summed E-state index contributed by atoms with van der Waals surface area (Å²) in [5.41, 5.74) is 2.23. The summed E-state index contributed by atoms with van der Waals surface area (Å²) in [4.78, 5) is 7.83. The molecular formula is C28H34F3N7O4S. The number of ether oxygens (including phenoxy) is 1. The van der Waals surface area contributed by atoms with Gasteiger partial charge in [-0.2, -0.15) is 4.98 Å². The molecule has 11 nitrogen and oxygen atoms in total. The van der Waals surface area contributed by atoms with Crippen molar-refractivity contribution >= 4 is 21.5 Å². The molecule has 3 aliphatic rings. The van der Waals surface area contributed by atoms with Crippen molar-refractivity contribution in [2.24, 2.45) is 10.6 Å². The van der Waals surface area contributed by atoms with Crippen molar-refractivity contribution in [3.05, 3.63) is 41.8 Å². The standard InChI is InChI=1S/C28H34F3N7O4S/c1-42-24-15-19(25(29)26(33-24)37-12-8-28(30,31)9-13-37)20-16-38(35-34-20)21-3-2-18(23(17-39)43(32,40)41)14-22(21)36-10-6-27(4-5-27)7-11-36/h2-3,14-16,23,39H,4-13,17H2,1H3,(H2,32,40,41). The number of aliphatic hydroxyl groups excluding tert-OH is 1. The number of hydrogen-bond acceptors (Lipinski definition) is 9. The highest BCUT2D eigenvalue weighted by molar-refractivity contribution is 7.89. The second-order valence-corrected chi connectivity index (χ2v) is 13.5. The number of pyridine rings is 1. The molecule has 1 aliphatic carbocycles. The van der Waals surface area contributed by atoms with Gasteiger partial charge in [-0.1, -0.05) is 11.3 Å². The molecule has 1 aromatic carbocycles. The van der Waals surface area contributed by atoms with E-state index in [4.69, 9.17) is 9.88 Å². The second-order valence-electron chi connectivity index (χ2n) is 11.7. The zero-order valence-electron chi connectivity index (χ0n) is 23.7. The Morgan fingerprint density at radius 1 is 1.02 bits per heavy atom. The van der Waals surface area contributed by atoms with E-state index in [0.29, 0.717) is 22.4 Å². The molecule has 1 saturated carbocycles. The van der Waals surface area contributed by atoms with Crippen LogP contribution in [-0.4, -0.2) is 79.3 Å². The quantitative estimate of drug-likeness (QED) is 0.387. The molecule has 3 N–H and O–H groups in total. The third-order valence-electron chi connectivity index (χ3n) is 8.99. The van der Waals surface area contributed by atoms with E-state index in [1.165, 1.54) is 35.6 Å². The Labute approximate surface area is 247 Å². The molecule has 2 aliphatic heterocycles. The molecule has 0 bridgehead atoms. The van der Waals surface area contributed by atoms with Gasteiger partial charge in [0.15, 0.2) is 11.6 Å². The van der Waals surface area contributed by atoms with Gasteiger partial charge >= 0.3 is 0 Å². The Balaban J connectivity index is 1.37. The number of piperidine rings is 2. The van der Waals surface area contributed by atoms with Crippen molar-refractivity contribution < 1.29 is 31.4 Å². The molecule has 1 spiro atoms. The first kappa shape index (κ1) is 29.6. The molecule has 0 radical (unpaired) electrons. The number of halogens is 3. The van der Waals surface area contributed by atoms with Crippen LogP contribution in [0.2, 0.25) is 0 Å². The summed E-state index contributed by atoms with van der Waals surface area (Å²) in [6, 6.07) is 6.33. The van der Waals surface area contributed by atoms with E-state index in [-0.39, 0.29) is 36.0 Å². The van der Waals surface area contributed by atoms with Gasteiger partial charge in [0, 0.05) is 50.7 Å². The number of hydrogen-bond donors (Lipinski definition) is 2. The fourth-order valence-electron chi connectivity index (χ4n) is 6.03. The average molecular weight is 622 g/mol. The Bertz CT molecular complexity index is 1610. The van der Waals surface area contributed by atoms with Crippen LogP contribution < -0.4 is 19.7 Å². The van der Waals surface area contributed by atoms with E-state index in [2.05, 4.69) is 20.2 Å². The minimum Gasteiger partial charge on any atom is -0.481 e. The number of nitrogens with two attached hydrogens (primary N) is 1. The Morgan fingerprint density at radius 2 is 1.70 bits per heavy atom. The number of benzene rings is 1. The number of rotatable bonds is 8. The Morgan fingerprint density at radius 3 is 2.30 bits per heavy atom. The molecule has 232 valence electrons. The highest BCUT2D eigenvalue weighted by Crippen LogP contribution is 2.54. The summed E-state index contributed by atoms with van der Waals surface area (Å²) in [7, 11) is -2.69. The molecule has 2 saturated heterocycles. The van der Waals surface area contributed by atoms with Gasteiger partial charge in [0.25, 0.3) is 5.92 Å². The van der Waals surface area contributed by atoms with Crippen LogP contribution in [0.15, 0.2) is 30.5 Å². The van der Waals surface area contributed by atoms with E-state index >= 15 is 4.39 Å². The summed E-state index contributed by atoms with van der Waals surface area (Å²) in [5.74, 6) is -3.52. The van der Waals surface area contributed by atoms with Crippen LogP contribution in [0.5, 0.6) is 5.88 Å². The van der Waals surface area contributed by atoms with Gasteiger partial charge in [0.05, 0.1) is 31.3 Å². The monoisotopic (exact) mass is 621 g/mol. The number of alkyl halides is 2. The van der Waals surface area contributed by atoms with E-state index in [9.17, 15) is 22.3 Å². The fourth-order valence-corrected chi connectivity index (χ4v) is 6.76. The number of aromatic nitrogens is 4. The lowest BCUT2D eigenvalue weighted by Crippen LogP contribution is -2.40. The minimum atomic E-state index is -4.07. The van der Waals surface area contributed by atoms with Crippen molar-refractivity contribution in [1.82, 2.24) is 20.0 Å². The summed E-state index contributed by atoms with van der Waals surface area (Å²) in [6.07, 6.45) is 5.16. The molecule has 0 amide bonds. The normalized spacial score (nSPS) is 20.3. The van der Waals surface area contributed by atoms with Crippen LogP contribution >= 0.6 is 0 Å². The molecule has 1 atom stereocenters. The maximum Gasteiger partial charge on any atom is 0.251 e. The van der Waals surface area contributed by atoms with E-state index in [1.54, 1.807) is 24.4 Å². The highest BCUT2D eigenvalue weighted by atomic mass is 32.2. The molecule has 6 rings (SSSR count). The zero-order valence-corrected chi connectivity index (χ0v) is 24.5. The van der Waals surface area contributed by atoms with Gasteiger partial charge in [0.1, 0.15) is 10.9 Å². The lowest BCUT2D eigenvalue weighted by molar-refractivity contribution is -0.0222. The van der Waals surface area contributed by atoms with Crippen molar-refractivity contribution in [2.75, 3.05) is 49.7 Å². The summed E-state index contributed by atoms with van der Waals surface area (Å²) in [5, 5.41) is 22.4. The minimum absolute atomic E-state index is 0.0480. The molecule has 1 unspecified atom stereocenters. The number of primary sulfonamides is 1. The van der Waals surface area contributed by atoms with Gasteiger partial charge < -0.3 is 19.6 Å². The highest BCUT2D eigenvalue weighted by Gasteiger charge is 2.45. The average Bonchev–Trinajstić information content (AvgIpc) is 3.54. The second kappa shape index (κ2) is 10.9. The van der Waals surface area contributed by atoms with Crippen LogP contribution in [0.3, 0.4) is 0 Å². The lowest BCUT2D eigenvalue weighted by Gasteiger charge is -2.35. The predicted molar refractivity (Wildman–Crippen MR) is 154 cm³/mol. The largest absolute Gasteiger partial charge is 0.481 e. The Kier molecular flexibility index (Phi) is 7.53. The SMILES string of the molecule is COc1cc(-c2cn(-c3ccc(C(CO)S(N)(=O)=O)cc3N3CCC4(CC3)CC4)nn2)c(F)c(N2CCC(F)(F)CC2)n1. The summed E-state index contributed by atoms with van der Waals surface area (Å²) in [6.45, 7) is 0.721. The molecule has 2 aromatic heterocycles. The number of methoxy groups -OCH3 is 1. The van der Waals surface area contributed by atoms with Crippen molar-refractivity contribution in [3.8, 4) is 22.8 Å². The van der Waals surface area contributed by atoms with Gasteiger partial charge in [-0.3, -0.25) is 0 Å². The van der Waals surface area contributed by atoms with E-state index < -0.39 is 46.5 Å². The summed E-state index contributed by atoms with van der Waals surface area (Å²) < 4.78 is 74.6. The number of anilines is 2. The van der Waals surface area contributed by atoms with E-state index in [1.807, 2.05) is 0 Å². The first-order valence-electron chi connectivity index (χ1n) is 14.2. The molecule has 3 aromatic rings. The van der Waals surface area contributed by atoms with Gasteiger partial charge in [-0.15, -0.1) is 5.10 Å². The topological polar surface area (TPSA) is 140 Å².